The first-order valence-corrected chi connectivity index (χ1v) is 13.4. The molecule has 200 valence electrons. The lowest BCUT2D eigenvalue weighted by Crippen LogP contribution is -2.36. The van der Waals surface area contributed by atoms with Crippen LogP contribution in [0.4, 0.5) is 16.2 Å². The summed E-state index contributed by atoms with van der Waals surface area (Å²) in [4.78, 5) is 50.9. The molecule has 1 heterocycles. The average molecular weight is 631 g/mol. The van der Waals surface area contributed by atoms with Gasteiger partial charge in [0, 0.05) is 15.8 Å². The van der Waals surface area contributed by atoms with Crippen LogP contribution < -0.4 is 20.1 Å². The van der Waals surface area contributed by atoms with Crippen LogP contribution in [0.25, 0.3) is 6.08 Å². The van der Waals surface area contributed by atoms with Crippen LogP contribution in [-0.4, -0.2) is 48.1 Å². The van der Waals surface area contributed by atoms with Crippen LogP contribution in [-0.2, 0) is 14.4 Å². The molecule has 4 amide bonds. The maximum Gasteiger partial charge on any atom is 0.294 e. The number of anilines is 2. The second kappa shape index (κ2) is 12.8. The zero-order valence-electron chi connectivity index (χ0n) is 20.4. The van der Waals surface area contributed by atoms with Crippen molar-refractivity contribution >= 4 is 79.7 Å². The van der Waals surface area contributed by atoms with Crippen LogP contribution in [0.15, 0.2) is 76.1 Å². The van der Waals surface area contributed by atoms with E-state index in [2.05, 4.69) is 26.6 Å². The number of ether oxygens (including phenoxy) is 2. The van der Waals surface area contributed by atoms with E-state index in [1.807, 2.05) is 6.07 Å². The highest BCUT2D eigenvalue weighted by atomic mass is 79.9. The number of para-hydroxylation sites is 1. The Morgan fingerprint density at radius 1 is 0.974 bits per heavy atom. The molecule has 39 heavy (non-hydrogen) atoms. The molecule has 3 aromatic carbocycles. The maximum atomic E-state index is 12.8. The lowest BCUT2D eigenvalue weighted by atomic mass is 10.2. The maximum absolute atomic E-state index is 12.8. The van der Waals surface area contributed by atoms with Crippen molar-refractivity contribution in [1.82, 2.24) is 4.90 Å². The molecule has 12 heteroatoms. The zero-order valence-corrected chi connectivity index (χ0v) is 23.6. The minimum Gasteiger partial charge on any atom is -0.493 e. The van der Waals surface area contributed by atoms with Crippen LogP contribution in [0, 0.1) is 0 Å². The largest absolute Gasteiger partial charge is 0.493 e. The molecule has 1 aliphatic heterocycles. The van der Waals surface area contributed by atoms with E-state index in [-0.39, 0.29) is 11.5 Å². The lowest BCUT2D eigenvalue weighted by molar-refractivity contribution is -0.127. The number of amides is 4. The van der Waals surface area contributed by atoms with Gasteiger partial charge >= 0.3 is 0 Å². The second-order valence-corrected chi connectivity index (χ2v) is 10.3. The third kappa shape index (κ3) is 7.41. The summed E-state index contributed by atoms with van der Waals surface area (Å²) in [6.07, 6.45) is 1.52. The summed E-state index contributed by atoms with van der Waals surface area (Å²) in [6, 6.07) is 18.6. The number of hydrogen-bond acceptors (Lipinski definition) is 7. The fourth-order valence-electron chi connectivity index (χ4n) is 3.46. The fraction of sp³-hybridized carbons (Fsp3) is 0.111. The highest BCUT2D eigenvalue weighted by Crippen LogP contribution is 2.34. The normalized spacial score (nSPS) is 13.9. The van der Waals surface area contributed by atoms with Gasteiger partial charge in [0.15, 0.2) is 18.1 Å². The number of hydrogen-bond donors (Lipinski definition) is 2. The van der Waals surface area contributed by atoms with E-state index in [0.29, 0.717) is 37.9 Å². The van der Waals surface area contributed by atoms with Gasteiger partial charge in [0.2, 0.25) is 5.91 Å². The molecule has 1 aliphatic rings. The molecular formula is C27H21BrClN3O6S. The zero-order chi connectivity index (χ0) is 27.9. The molecule has 0 spiro atoms. The Hall–Kier alpha value is -3.80. The van der Waals surface area contributed by atoms with Gasteiger partial charge in [0.05, 0.1) is 17.0 Å². The van der Waals surface area contributed by atoms with Gasteiger partial charge in [-0.25, -0.2) is 0 Å². The van der Waals surface area contributed by atoms with Crippen LogP contribution >= 0.6 is 39.3 Å². The first-order chi connectivity index (χ1) is 18.7. The molecule has 0 aliphatic carbocycles. The molecule has 4 rings (SSSR count). The molecular weight excluding hydrogens is 610 g/mol. The topological polar surface area (TPSA) is 114 Å². The number of methoxy groups -OCH3 is 1. The van der Waals surface area contributed by atoms with E-state index in [0.717, 1.165) is 16.7 Å². The van der Waals surface area contributed by atoms with Crippen molar-refractivity contribution in [1.29, 1.82) is 0 Å². The van der Waals surface area contributed by atoms with E-state index in [9.17, 15) is 19.2 Å². The summed E-state index contributed by atoms with van der Waals surface area (Å²) in [7, 11) is 1.44. The van der Waals surface area contributed by atoms with E-state index in [1.54, 1.807) is 60.7 Å². The fourth-order valence-corrected chi connectivity index (χ4v) is 4.73. The lowest BCUT2D eigenvalue weighted by Gasteiger charge is -2.12. The van der Waals surface area contributed by atoms with Gasteiger partial charge in [-0.05, 0) is 81.8 Å². The smallest absolute Gasteiger partial charge is 0.294 e. The molecule has 1 fully saturated rings. The number of rotatable bonds is 9. The number of nitrogens with zero attached hydrogens (tertiary/aromatic N) is 1. The summed E-state index contributed by atoms with van der Waals surface area (Å²) in [5, 5.41) is 5.26. The molecule has 0 saturated carbocycles. The number of nitrogens with one attached hydrogen (secondary N) is 2. The monoisotopic (exact) mass is 629 g/mol. The highest BCUT2D eigenvalue weighted by molar-refractivity contribution is 9.10. The Kier molecular flexibility index (Phi) is 9.28. The SMILES string of the molecule is COc1cc(/C=C2\SC(=O)N(CC(=O)Nc3ccccc3)C2=O)ccc1OCC(=O)Nc1ccc(Br)c(Cl)c1. The Bertz CT molecular complexity index is 1470. The van der Waals surface area contributed by atoms with Crippen LogP contribution in [0.3, 0.4) is 0 Å². The third-order valence-electron chi connectivity index (χ3n) is 5.28. The van der Waals surface area contributed by atoms with Gasteiger partial charge in [-0.3, -0.25) is 24.1 Å². The standard InChI is InChI=1S/C27H21BrClN3O6S/c1-37-22-11-16(7-10-21(22)38-15-25(34)31-18-8-9-19(28)20(29)13-18)12-23-26(35)32(27(36)39-23)14-24(33)30-17-5-3-2-4-6-17/h2-13H,14-15H2,1H3,(H,30,33)(H,31,34)/b23-12-. The Morgan fingerprint density at radius 2 is 1.72 bits per heavy atom. The highest BCUT2D eigenvalue weighted by Gasteiger charge is 2.36. The number of imide groups is 1. The van der Waals surface area contributed by atoms with Crippen molar-refractivity contribution in [2.24, 2.45) is 0 Å². The molecule has 0 bridgehead atoms. The number of halogens is 2. The van der Waals surface area contributed by atoms with E-state index < -0.39 is 29.5 Å². The van der Waals surface area contributed by atoms with Crippen molar-refractivity contribution in [2.45, 2.75) is 0 Å². The third-order valence-corrected chi connectivity index (χ3v) is 7.42. The number of carbonyl (C=O) groups excluding carboxylic acids is 4. The Balaban J connectivity index is 1.38. The minimum atomic E-state index is -0.572. The van der Waals surface area contributed by atoms with Gasteiger partial charge < -0.3 is 20.1 Å². The van der Waals surface area contributed by atoms with Gasteiger partial charge in [-0.2, -0.15) is 0 Å². The van der Waals surface area contributed by atoms with Crippen LogP contribution in [0.2, 0.25) is 5.02 Å². The van der Waals surface area contributed by atoms with Gasteiger partial charge in [-0.1, -0.05) is 35.9 Å². The van der Waals surface area contributed by atoms with Crippen molar-refractivity contribution in [3.8, 4) is 11.5 Å². The molecule has 0 radical (unpaired) electrons. The molecule has 0 unspecified atom stereocenters. The van der Waals surface area contributed by atoms with Gasteiger partial charge in [0.1, 0.15) is 6.54 Å². The summed E-state index contributed by atoms with van der Waals surface area (Å²) in [6.45, 7) is -0.686. The van der Waals surface area contributed by atoms with Crippen LogP contribution in [0.5, 0.6) is 11.5 Å². The Labute approximate surface area is 241 Å². The van der Waals surface area contributed by atoms with E-state index in [4.69, 9.17) is 21.1 Å². The summed E-state index contributed by atoms with van der Waals surface area (Å²) in [5.74, 6) is -0.823. The number of thioether (sulfide) groups is 1. The van der Waals surface area contributed by atoms with E-state index in [1.165, 1.54) is 13.2 Å². The molecule has 9 nitrogen and oxygen atoms in total. The summed E-state index contributed by atoms with van der Waals surface area (Å²) >= 11 is 10.1. The first kappa shape index (κ1) is 28.2. The quantitative estimate of drug-likeness (QED) is 0.287. The van der Waals surface area contributed by atoms with Crippen molar-refractivity contribution in [2.75, 3.05) is 30.9 Å². The summed E-state index contributed by atoms with van der Waals surface area (Å²) in [5.41, 5.74) is 1.65. The number of benzene rings is 3. The molecule has 3 aromatic rings. The molecule has 0 aromatic heterocycles. The van der Waals surface area contributed by atoms with Crippen molar-refractivity contribution < 1.29 is 28.7 Å². The molecule has 0 atom stereocenters. The number of carbonyl (C=O) groups is 4. The average Bonchev–Trinajstić information content (AvgIpc) is 3.17. The minimum absolute atomic E-state index is 0.163. The first-order valence-electron chi connectivity index (χ1n) is 11.4. The Morgan fingerprint density at radius 3 is 2.44 bits per heavy atom. The van der Waals surface area contributed by atoms with Crippen molar-refractivity contribution in [3.63, 3.8) is 0 Å². The summed E-state index contributed by atoms with van der Waals surface area (Å²) < 4.78 is 11.7. The van der Waals surface area contributed by atoms with Gasteiger partial charge in [0.25, 0.3) is 17.1 Å². The molecule has 2 N–H and O–H groups in total. The predicted octanol–water partition coefficient (Wildman–Crippen LogP) is 5.80. The predicted molar refractivity (Wildman–Crippen MR) is 154 cm³/mol. The van der Waals surface area contributed by atoms with Gasteiger partial charge in [-0.15, -0.1) is 0 Å². The van der Waals surface area contributed by atoms with E-state index >= 15 is 0 Å². The van der Waals surface area contributed by atoms with Crippen LogP contribution in [0.1, 0.15) is 5.56 Å². The second-order valence-electron chi connectivity index (χ2n) is 8.06. The molecule has 1 saturated heterocycles. The van der Waals surface area contributed by atoms with Crippen molar-refractivity contribution in [3.05, 3.63) is 86.7 Å².